The van der Waals surface area contributed by atoms with Gasteiger partial charge in [0, 0.05) is 6.20 Å². The quantitative estimate of drug-likeness (QED) is 0.863. The molecule has 0 unspecified atom stereocenters. The molecule has 0 bridgehead atoms. The van der Waals surface area contributed by atoms with Gasteiger partial charge in [0.05, 0.1) is 11.8 Å². The summed E-state index contributed by atoms with van der Waals surface area (Å²) in [6, 6.07) is 3.92. The van der Waals surface area contributed by atoms with Gasteiger partial charge in [0.25, 0.3) is 0 Å². The summed E-state index contributed by atoms with van der Waals surface area (Å²) in [6.07, 6.45) is 1.96. The number of nitrogens with zero attached hydrogens (tertiary/aromatic N) is 2. The Labute approximate surface area is 115 Å². The van der Waals surface area contributed by atoms with Gasteiger partial charge in [-0.1, -0.05) is 6.07 Å². The number of halogens is 1. The summed E-state index contributed by atoms with van der Waals surface area (Å²) in [4.78, 5) is 8.71. The Hall–Kier alpha value is -1.20. The number of aryl methyl sites for hydroxylation is 1. The number of oxazole rings is 1. The topological polar surface area (TPSA) is 48.2 Å². The molecule has 18 heavy (non-hydrogen) atoms. The van der Waals surface area contributed by atoms with E-state index in [1.165, 1.54) is 0 Å². The van der Waals surface area contributed by atoms with Gasteiger partial charge in [-0.05, 0) is 48.3 Å². The Morgan fingerprint density at radius 1 is 1.39 bits per heavy atom. The molecule has 0 aliphatic heterocycles. The Morgan fingerprint density at radius 2 is 2.17 bits per heavy atom. The third-order valence-corrected chi connectivity index (χ3v) is 2.86. The van der Waals surface area contributed by atoms with Crippen molar-refractivity contribution in [3.05, 3.63) is 34.5 Å². The van der Waals surface area contributed by atoms with Crippen LogP contribution in [0, 0.1) is 6.92 Å². The van der Waals surface area contributed by atoms with Crippen molar-refractivity contribution in [1.29, 1.82) is 0 Å². The first-order chi connectivity index (χ1) is 8.56. The molecular formula is C13H15BrN2O2. The van der Waals surface area contributed by atoms with Crippen molar-refractivity contribution < 1.29 is 9.15 Å². The highest BCUT2D eigenvalue weighted by atomic mass is 79.9. The van der Waals surface area contributed by atoms with Crippen molar-refractivity contribution in [2.45, 2.75) is 33.5 Å². The van der Waals surface area contributed by atoms with Crippen molar-refractivity contribution in [3.8, 4) is 11.4 Å². The van der Waals surface area contributed by atoms with E-state index in [1.807, 2.05) is 32.9 Å². The van der Waals surface area contributed by atoms with Crippen LogP contribution in [0.25, 0.3) is 11.4 Å². The molecule has 0 N–H and O–H groups in total. The molecule has 2 heterocycles. The number of aromatic nitrogens is 2. The average Bonchev–Trinajstić information content (AvgIpc) is 2.69. The molecule has 96 valence electrons. The summed E-state index contributed by atoms with van der Waals surface area (Å²) in [5.41, 5.74) is 2.60. The minimum atomic E-state index is 0.150. The highest BCUT2D eigenvalue weighted by molar-refractivity contribution is 9.10. The number of pyridine rings is 1. The van der Waals surface area contributed by atoms with Crippen LogP contribution in [0.15, 0.2) is 27.4 Å². The second kappa shape index (κ2) is 5.63. The van der Waals surface area contributed by atoms with E-state index < -0.39 is 0 Å². The lowest BCUT2D eigenvalue weighted by Gasteiger charge is -2.03. The highest BCUT2D eigenvalue weighted by Gasteiger charge is 2.14. The van der Waals surface area contributed by atoms with E-state index >= 15 is 0 Å². The Balaban J connectivity index is 2.21. The Morgan fingerprint density at radius 3 is 2.78 bits per heavy atom. The smallest absolute Gasteiger partial charge is 0.222 e. The van der Waals surface area contributed by atoms with Gasteiger partial charge in [-0.15, -0.1) is 0 Å². The van der Waals surface area contributed by atoms with E-state index in [0.717, 1.165) is 11.3 Å². The lowest BCUT2D eigenvalue weighted by molar-refractivity contribution is 0.0513. The number of hydrogen-bond donors (Lipinski definition) is 0. The van der Waals surface area contributed by atoms with Crippen LogP contribution in [0.1, 0.15) is 25.3 Å². The molecule has 0 atom stereocenters. The minimum absolute atomic E-state index is 0.150. The maximum Gasteiger partial charge on any atom is 0.222 e. The SMILES string of the molecule is Cc1ccc(-c2nc(COC(C)C)oc2Br)nc1. The number of ether oxygens (including phenoxy) is 1. The first-order valence-electron chi connectivity index (χ1n) is 5.76. The van der Waals surface area contributed by atoms with E-state index in [2.05, 4.69) is 25.9 Å². The van der Waals surface area contributed by atoms with Crippen molar-refractivity contribution in [3.63, 3.8) is 0 Å². The van der Waals surface area contributed by atoms with Crippen LogP contribution in [-0.2, 0) is 11.3 Å². The molecule has 2 aromatic heterocycles. The average molecular weight is 311 g/mol. The monoisotopic (exact) mass is 310 g/mol. The maximum absolute atomic E-state index is 5.49. The highest BCUT2D eigenvalue weighted by Crippen LogP contribution is 2.27. The zero-order chi connectivity index (χ0) is 13.1. The van der Waals surface area contributed by atoms with Gasteiger partial charge in [-0.3, -0.25) is 4.98 Å². The predicted molar refractivity (Wildman–Crippen MR) is 72.1 cm³/mol. The normalized spacial score (nSPS) is 11.2. The molecule has 0 amide bonds. The fourth-order valence-corrected chi connectivity index (χ4v) is 1.89. The first kappa shape index (κ1) is 13.2. The summed E-state index contributed by atoms with van der Waals surface area (Å²) in [5.74, 6) is 0.549. The molecule has 0 aromatic carbocycles. The molecule has 2 aromatic rings. The largest absolute Gasteiger partial charge is 0.431 e. The third-order valence-electron chi connectivity index (χ3n) is 2.32. The Bertz CT molecular complexity index is 520. The zero-order valence-electron chi connectivity index (χ0n) is 10.6. The van der Waals surface area contributed by atoms with Crippen LogP contribution in [0.5, 0.6) is 0 Å². The summed E-state index contributed by atoms with van der Waals surface area (Å²) in [6.45, 7) is 6.31. The number of hydrogen-bond acceptors (Lipinski definition) is 4. The van der Waals surface area contributed by atoms with Crippen LogP contribution in [0.3, 0.4) is 0 Å². The van der Waals surface area contributed by atoms with Crippen LogP contribution in [0.2, 0.25) is 0 Å². The number of rotatable bonds is 4. The van der Waals surface area contributed by atoms with Gasteiger partial charge < -0.3 is 9.15 Å². The van der Waals surface area contributed by atoms with E-state index in [9.17, 15) is 0 Å². The molecule has 4 nitrogen and oxygen atoms in total. The third kappa shape index (κ3) is 3.17. The van der Waals surface area contributed by atoms with Gasteiger partial charge in [-0.2, -0.15) is 0 Å². The minimum Gasteiger partial charge on any atom is -0.431 e. The molecular weight excluding hydrogens is 296 g/mol. The van der Waals surface area contributed by atoms with Crippen molar-refractivity contribution in [2.75, 3.05) is 0 Å². The second-order valence-corrected chi connectivity index (χ2v) is 5.03. The molecule has 0 saturated heterocycles. The van der Waals surface area contributed by atoms with Gasteiger partial charge in [-0.25, -0.2) is 4.98 Å². The summed E-state index contributed by atoms with van der Waals surface area (Å²) >= 11 is 3.35. The van der Waals surface area contributed by atoms with Crippen LogP contribution >= 0.6 is 15.9 Å². The fraction of sp³-hybridized carbons (Fsp3) is 0.385. The predicted octanol–water partition coefficient (Wildman–Crippen LogP) is 3.73. The standard InChI is InChI=1S/C13H15BrN2O2/c1-8(2)17-7-11-16-12(13(14)18-11)10-5-4-9(3)6-15-10/h4-6,8H,7H2,1-3H3. The van der Waals surface area contributed by atoms with Gasteiger partial charge >= 0.3 is 0 Å². The molecule has 0 fully saturated rings. The summed E-state index contributed by atoms with van der Waals surface area (Å²) in [5, 5.41) is 0. The van der Waals surface area contributed by atoms with Crippen LogP contribution < -0.4 is 0 Å². The second-order valence-electron chi connectivity index (χ2n) is 4.31. The molecule has 0 aliphatic rings. The van der Waals surface area contributed by atoms with Gasteiger partial charge in [0.2, 0.25) is 5.89 Å². The molecule has 0 spiro atoms. The van der Waals surface area contributed by atoms with Crippen LogP contribution in [-0.4, -0.2) is 16.1 Å². The van der Waals surface area contributed by atoms with E-state index in [0.29, 0.717) is 22.9 Å². The molecule has 5 heteroatoms. The lowest BCUT2D eigenvalue weighted by Crippen LogP contribution is -2.02. The van der Waals surface area contributed by atoms with Crippen molar-refractivity contribution in [1.82, 2.24) is 9.97 Å². The summed E-state index contributed by atoms with van der Waals surface area (Å²) in [7, 11) is 0. The molecule has 0 aliphatic carbocycles. The molecule has 0 saturated carbocycles. The van der Waals surface area contributed by atoms with E-state index in [4.69, 9.17) is 9.15 Å². The lowest BCUT2D eigenvalue weighted by atomic mass is 10.2. The zero-order valence-corrected chi connectivity index (χ0v) is 12.2. The molecule has 0 radical (unpaired) electrons. The fourth-order valence-electron chi connectivity index (χ4n) is 1.41. The first-order valence-corrected chi connectivity index (χ1v) is 6.55. The molecule has 2 rings (SSSR count). The van der Waals surface area contributed by atoms with Gasteiger partial charge in [0.1, 0.15) is 12.3 Å². The van der Waals surface area contributed by atoms with E-state index in [1.54, 1.807) is 6.20 Å². The summed E-state index contributed by atoms with van der Waals surface area (Å²) < 4.78 is 11.5. The van der Waals surface area contributed by atoms with E-state index in [-0.39, 0.29) is 6.10 Å². The van der Waals surface area contributed by atoms with Gasteiger partial charge in [0.15, 0.2) is 4.67 Å². The van der Waals surface area contributed by atoms with Crippen molar-refractivity contribution >= 4 is 15.9 Å². The maximum atomic E-state index is 5.49. The Kier molecular flexibility index (Phi) is 4.14. The van der Waals surface area contributed by atoms with Crippen LogP contribution in [0.4, 0.5) is 0 Å². The van der Waals surface area contributed by atoms with Crippen molar-refractivity contribution in [2.24, 2.45) is 0 Å².